The zero-order chi connectivity index (χ0) is 19.3. The van der Waals surface area contributed by atoms with E-state index in [1.54, 1.807) is 0 Å². The van der Waals surface area contributed by atoms with Crippen molar-refractivity contribution in [1.82, 2.24) is 20.4 Å². The minimum absolute atomic E-state index is 0. The molecule has 7 heteroatoms. The van der Waals surface area contributed by atoms with E-state index in [0.717, 1.165) is 44.5 Å². The highest BCUT2D eigenvalue weighted by atomic mass is 35.5. The first-order valence-corrected chi connectivity index (χ1v) is 10.6. The van der Waals surface area contributed by atoms with Crippen LogP contribution in [0.2, 0.25) is 0 Å². The van der Waals surface area contributed by atoms with Gasteiger partial charge in [0.2, 0.25) is 17.6 Å². The normalized spacial score (nSPS) is 21.4. The number of hydrogen-bond donors (Lipinski definition) is 1. The highest BCUT2D eigenvalue weighted by Gasteiger charge is 2.33. The van der Waals surface area contributed by atoms with Crippen molar-refractivity contribution < 1.29 is 9.32 Å². The maximum atomic E-state index is 13.1. The average molecular weight is 419 g/mol. The van der Waals surface area contributed by atoms with Gasteiger partial charge in [0.05, 0.1) is 0 Å². The first-order chi connectivity index (χ1) is 13.7. The Morgan fingerprint density at radius 2 is 1.97 bits per heavy atom. The van der Waals surface area contributed by atoms with Crippen LogP contribution in [-0.2, 0) is 4.79 Å². The van der Waals surface area contributed by atoms with Crippen molar-refractivity contribution in [2.24, 2.45) is 11.8 Å². The number of nitrogens with zero attached hydrogens (tertiary/aromatic N) is 3. The molecule has 1 aromatic heterocycles. The lowest BCUT2D eigenvalue weighted by Crippen LogP contribution is -2.40. The number of benzene rings is 1. The molecule has 0 aliphatic carbocycles. The summed E-state index contributed by atoms with van der Waals surface area (Å²) in [5, 5.41) is 7.57. The van der Waals surface area contributed by atoms with Gasteiger partial charge in [-0.3, -0.25) is 4.79 Å². The number of halogens is 1. The van der Waals surface area contributed by atoms with Crippen LogP contribution in [0.5, 0.6) is 0 Å². The molecule has 0 bridgehead atoms. The van der Waals surface area contributed by atoms with E-state index in [1.165, 1.54) is 12.8 Å². The number of carbonyl (C=O) groups is 1. The molecular formula is C22H31ClN4O2. The van der Waals surface area contributed by atoms with E-state index in [9.17, 15) is 4.79 Å². The van der Waals surface area contributed by atoms with E-state index in [-0.39, 0.29) is 24.4 Å². The molecule has 6 nitrogen and oxygen atoms in total. The van der Waals surface area contributed by atoms with Crippen molar-refractivity contribution in [3.8, 4) is 11.4 Å². The van der Waals surface area contributed by atoms with E-state index in [0.29, 0.717) is 30.0 Å². The topological polar surface area (TPSA) is 71.3 Å². The molecule has 0 saturated carbocycles. The second-order valence-corrected chi connectivity index (χ2v) is 8.19. The Bertz CT molecular complexity index is 776. The molecule has 3 heterocycles. The number of rotatable bonds is 5. The second kappa shape index (κ2) is 10.2. The first-order valence-electron chi connectivity index (χ1n) is 10.6. The zero-order valence-corrected chi connectivity index (χ0v) is 17.9. The summed E-state index contributed by atoms with van der Waals surface area (Å²) in [6, 6.07) is 9.74. The van der Waals surface area contributed by atoms with Gasteiger partial charge < -0.3 is 14.7 Å². The number of nitrogens with one attached hydrogen (secondary N) is 1. The van der Waals surface area contributed by atoms with Crippen LogP contribution in [-0.4, -0.2) is 40.6 Å². The Kier molecular flexibility index (Phi) is 7.67. The van der Waals surface area contributed by atoms with Gasteiger partial charge in [-0.05, 0) is 57.0 Å². The van der Waals surface area contributed by atoms with Gasteiger partial charge >= 0.3 is 0 Å². The van der Waals surface area contributed by atoms with Gasteiger partial charge in [-0.25, -0.2) is 0 Å². The van der Waals surface area contributed by atoms with Crippen LogP contribution in [0.25, 0.3) is 11.4 Å². The fraction of sp³-hybridized carbons (Fsp3) is 0.591. The molecule has 2 aliphatic heterocycles. The van der Waals surface area contributed by atoms with Gasteiger partial charge in [0.25, 0.3) is 0 Å². The molecule has 2 fully saturated rings. The van der Waals surface area contributed by atoms with Crippen LogP contribution in [0.3, 0.4) is 0 Å². The summed E-state index contributed by atoms with van der Waals surface area (Å²) < 4.78 is 5.60. The lowest BCUT2D eigenvalue weighted by molar-refractivity contribution is -0.137. The van der Waals surface area contributed by atoms with E-state index < -0.39 is 0 Å². The van der Waals surface area contributed by atoms with Crippen molar-refractivity contribution in [3.05, 3.63) is 36.2 Å². The Labute approximate surface area is 178 Å². The molecular weight excluding hydrogens is 388 g/mol. The largest absolute Gasteiger partial charge is 0.337 e. The predicted octanol–water partition coefficient (Wildman–Crippen LogP) is 4.24. The van der Waals surface area contributed by atoms with E-state index >= 15 is 0 Å². The molecule has 2 aromatic rings. The average Bonchev–Trinajstić information content (AvgIpc) is 3.25. The lowest BCUT2D eigenvalue weighted by Gasteiger charge is -2.35. The molecule has 1 aromatic carbocycles. The number of hydrogen-bond acceptors (Lipinski definition) is 5. The number of piperidine rings is 2. The smallest absolute Gasteiger partial charge is 0.249 e. The number of likely N-dealkylation sites (tertiary alicyclic amines) is 1. The summed E-state index contributed by atoms with van der Waals surface area (Å²) in [5.41, 5.74) is 0.936. The molecule has 0 spiro atoms. The van der Waals surface area contributed by atoms with Crippen molar-refractivity contribution in [2.75, 3.05) is 19.6 Å². The van der Waals surface area contributed by atoms with Gasteiger partial charge in [-0.2, -0.15) is 4.98 Å². The number of carbonyl (C=O) groups excluding carboxylic acids is 1. The Balaban J connectivity index is 0.00000240. The van der Waals surface area contributed by atoms with Gasteiger partial charge in [0.15, 0.2) is 0 Å². The minimum atomic E-state index is -0.0913. The van der Waals surface area contributed by atoms with Crippen molar-refractivity contribution >= 4 is 18.3 Å². The maximum absolute atomic E-state index is 13.1. The SMILES string of the molecule is CC(CC(=O)N1CCCCC1c1nc(-c2ccccc2)no1)C1CCNCC1.Cl. The Morgan fingerprint density at radius 1 is 1.21 bits per heavy atom. The summed E-state index contributed by atoms with van der Waals surface area (Å²) >= 11 is 0. The second-order valence-electron chi connectivity index (χ2n) is 8.19. The standard InChI is InChI=1S/C22H30N4O2.ClH/c1-16(17-10-12-23-13-11-17)15-20(27)26-14-6-5-9-19(26)22-24-21(25-28-22)18-7-3-2-4-8-18;/h2-4,7-8,16-17,19,23H,5-6,9-15H2,1H3;1H. The molecule has 2 saturated heterocycles. The van der Waals surface area contributed by atoms with E-state index in [2.05, 4.69) is 22.4 Å². The fourth-order valence-corrected chi connectivity index (χ4v) is 4.53. The van der Waals surface area contributed by atoms with E-state index in [1.807, 2.05) is 35.2 Å². The molecule has 1 N–H and O–H groups in total. The first kappa shape index (κ1) is 21.8. The quantitative estimate of drug-likeness (QED) is 0.786. The maximum Gasteiger partial charge on any atom is 0.249 e. The Morgan fingerprint density at radius 3 is 2.72 bits per heavy atom. The third kappa shape index (κ3) is 5.17. The third-order valence-electron chi connectivity index (χ3n) is 6.27. The summed E-state index contributed by atoms with van der Waals surface area (Å²) in [5.74, 6) is 2.45. The summed E-state index contributed by atoms with van der Waals surface area (Å²) in [6.07, 6.45) is 5.97. The van der Waals surface area contributed by atoms with Gasteiger partial charge in [-0.1, -0.05) is 42.4 Å². The molecule has 2 unspecified atom stereocenters. The van der Waals surface area contributed by atoms with Crippen LogP contribution in [0.4, 0.5) is 0 Å². The van der Waals surface area contributed by atoms with E-state index in [4.69, 9.17) is 4.52 Å². The summed E-state index contributed by atoms with van der Waals surface area (Å²) in [6.45, 7) is 5.15. The number of amides is 1. The molecule has 1 amide bonds. The highest BCUT2D eigenvalue weighted by molar-refractivity contribution is 5.85. The van der Waals surface area contributed by atoms with Crippen LogP contribution in [0, 0.1) is 11.8 Å². The van der Waals surface area contributed by atoms with Gasteiger partial charge in [0, 0.05) is 18.5 Å². The minimum Gasteiger partial charge on any atom is -0.337 e. The number of aromatic nitrogens is 2. The summed E-state index contributed by atoms with van der Waals surface area (Å²) in [4.78, 5) is 19.7. The van der Waals surface area contributed by atoms with Crippen LogP contribution < -0.4 is 5.32 Å². The van der Waals surface area contributed by atoms with Gasteiger partial charge in [0.1, 0.15) is 6.04 Å². The molecule has 158 valence electrons. The van der Waals surface area contributed by atoms with Crippen molar-refractivity contribution in [2.45, 2.75) is 51.5 Å². The van der Waals surface area contributed by atoms with Gasteiger partial charge in [-0.15, -0.1) is 12.4 Å². The molecule has 29 heavy (non-hydrogen) atoms. The van der Waals surface area contributed by atoms with Crippen LogP contribution in [0.15, 0.2) is 34.9 Å². The van der Waals surface area contributed by atoms with Crippen LogP contribution in [0.1, 0.15) is 57.4 Å². The Hall–Kier alpha value is -1.92. The van der Waals surface area contributed by atoms with Crippen molar-refractivity contribution in [3.63, 3.8) is 0 Å². The van der Waals surface area contributed by atoms with Crippen molar-refractivity contribution in [1.29, 1.82) is 0 Å². The third-order valence-corrected chi connectivity index (χ3v) is 6.27. The lowest BCUT2D eigenvalue weighted by atomic mass is 9.83. The summed E-state index contributed by atoms with van der Waals surface area (Å²) in [7, 11) is 0. The monoisotopic (exact) mass is 418 g/mol. The molecule has 4 rings (SSSR count). The predicted molar refractivity (Wildman–Crippen MR) is 115 cm³/mol. The molecule has 2 atom stereocenters. The molecule has 2 aliphatic rings. The zero-order valence-electron chi connectivity index (χ0n) is 17.0. The molecule has 0 radical (unpaired) electrons. The van der Waals surface area contributed by atoms with Crippen LogP contribution >= 0.6 is 12.4 Å². The fourth-order valence-electron chi connectivity index (χ4n) is 4.53. The highest BCUT2D eigenvalue weighted by Crippen LogP contribution is 2.33.